The Kier molecular flexibility index (Phi) is 5.97. The summed E-state index contributed by atoms with van der Waals surface area (Å²) in [5.74, 6) is 0. The van der Waals surface area contributed by atoms with Crippen molar-refractivity contribution >= 4 is 33.2 Å². The number of pyridine rings is 1. The number of nitro groups is 1. The van der Waals surface area contributed by atoms with E-state index in [2.05, 4.69) is 32.4 Å². The molecule has 0 spiro atoms. The van der Waals surface area contributed by atoms with Crippen molar-refractivity contribution in [3.63, 3.8) is 0 Å². The van der Waals surface area contributed by atoms with E-state index in [1.54, 1.807) is 18.3 Å². The lowest BCUT2D eigenvalue weighted by atomic mass is 10.0. The van der Waals surface area contributed by atoms with Crippen LogP contribution in [0.2, 0.25) is 0 Å². The molecule has 1 aliphatic heterocycles. The molecule has 0 amide bonds. The molecule has 0 bridgehead atoms. The standard InChI is InChI=1S/C13H9N3O2.C13H17N3/c17-16(18)10-4-5-11-9(7-10)8-13(15-11)12-3-1-2-6-14-12;14-10-4-5-11-9(7-10)8-13(16-11)12-3-1-2-6-15-12/h1-8,15H;4-5,7-8,12,15-16H,1-3,6,14H2. The molecule has 172 valence electrons. The summed E-state index contributed by atoms with van der Waals surface area (Å²) in [4.78, 5) is 21.2. The minimum atomic E-state index is -0.396. The van der Waals surface area contributed by atoms with E-state index in [1.165, 1.54) is 41.9 Å². The summed E-state index contributed by atoms with van der Waals surface area (Å²) in [5, 5.41) is 16.3. The molecular weight excluding hydrogens is 428 g/mol. The van der Waals surface area contributed by atoms with Crippen molar-refractivity contribution in [2.24, 2.45) is 0 Å². The van der Waals surface area contributed by atoms with Crippen LogP contribution in [0.25, 0.3) is 33.2 Å². The van der Waals surface area contributed by atoms with E-state index in [-0.39, 0.29) is 5.69 Å². The fourth-order valence-corrected chi connectivity index (χ4v) is 4.37. The molecule has 2 aromatic carbocycles. The van der Waals surface area contributed by atoms with Crippen molar-refractivity contribution in [1.29, 1.82) is 0 Å². The Morgan fingerprint density at radius 1 is 0.941 bits per heavy atom. The molecule has 6 rings (SSSR count). The third-order valence-corrected chi connectivity index (χ3v) is 6.11. The lowest BCUT2D eigenvalue weighted by molar-refractivity contribution is -0.384. The Balaban J connectivity index is 0.000000142. The maximum atomic E-state index is 10.7. The van der Waals surface area contributed by atoms with Crippen LogP contribution < -0.4 is 11.1 Å². The predicted molar refractivity (Wildman–Crippen MR) is 135 cm³/mol. The molecule has 8 heteroatoms. The van der Waals surface area contributed by atoms with Crippen molar-refractivity contribution in [2.45, 2.75) is 25.3 Å². The number of nitrogens with two attached hydrogens (primary N) is 1. The number of non-ortho nitro benzene ring substituents is 1. The second kappa shape index (κ2) is 9.36. The van der Waals surface area contributed by atoms with Gasteiger partial charge in [0.1, 0.15) is 0 Å². The van der Waals surface area contributed by atoms with Gasteiger partial charge in [-0.15, -0.1) is 0 Å². The van der Waals surface area contributed by atoms with Crippen LogP contribution in [0.5, 0.6) is 0 Å². The van der Waals surface area contributed by atoms with Crippen molar-refractivity contribution in [3.8, 4) is 11.4 Å². The smallest absolute Gasteiger partial charge is 0.270 e. The zero-order valence-electron chi connectivity index (χ0n) is 18.6. The molecule has 3 aromatic heterocycles. The van der Waals surface area contributed by atoms with Crippen LogP contribution in [0.3, 0.4) is 0 Å². The number of nitrogen functional groups attached to an aromatic ring is 1. The molecule has 0 aliphatic carbocycles. The number of nitrogens with zero attached hydrogens (tertiary/aromatic N) is 2. The van der Waals surface area contributed by atoms with Gasteiger partial charge in [0.25, 0.3) is 5.69 Å². The monoisotopic (exact) mass is 454 g/mol. The molecular formula is C26H26N6O2. The van der Waals surface area contributed by atoms with E-state index >= 15 is 0 Å². The van der Waals surface area contributed by atoms with E-state index in [0.29, 0.717) is 6.04 Å². The van der Waals surface area contributed by atoms with Gasteiger partial charge >= 0.3 is 0 Å². The third kappa shape index (κ3) is 4.62. The van der Waals surface area contributed by atoms with Crippen molar-refractivity contribution < 1.29 is 4.92 Å². The number of rotatable bonds is 3. The van der Waals surface area contributed by atoms with Crippen LogP contribution in [-0.4, -0.2) is 26.4 Å². The first kappa shape index (κ1) is 21.7. The van der Waals surface area contributed by atoms with Crippen LogP contribution in [0.1, 0.15) is 31.0 Å². The number of nitro benzene ring substituents is 1. The maximum absolute atomic E-state index is 10.7. The van der Waals surface area contributed by atoms with Gasteiger partial charge in [-0.2, -0.15) is 0 Å². The number of H-pyrrole nitrogens is 2. The summed E-state index contributed by atoms with van der Waals surface area (Å²) >= 11 is 0. The molecule has 5 N–H and O–H groups in total. The highest BCUT2D eigenvalue weighted by molar-refractivity contribution is 5.87. The quantitative estimate of drug-likeness (QED) is 0.158. The molecule has 34 heavy (non-hydrogen) atoms. The van der Waals surface area contributed by atoms with Crippen molar-refractivity contribution in [3.05, 3.63) is 88.7 Å². The van der Waals surface area contributed by atoms with Crippen molar-refractivity contribution in [2.75, 3.05) is 12.3 Å². The fourth-order valence-electron chi connectivity index (χ4n) is 4.37. The van der Waals surface area contributed by atoms with E-state index in [0.717, 1.165) is 34.5 Å². The normalized spacial score (nSPS) is 15.7. The number of aromatic amines is 2. The highest BCUT2D eigenvalue weighted by Gasteiger charge is 2.16. The summed E-state index contributed by atoms with van der Waals surface area (Å²) in [6, 6.07) is 21.0. The number of hydrogen-bond acceptors (Lipinski definition) is 5. The van der Waals surface area contributed by atoms with E-state index < -0.39 is 4.92 Å². The fraction of sp³-hybridized carbons (Fsp3) is 0.192. The van der Waals surface area contributed by atoms with Gasteiger partial charge in [-0.25, -0.2) is 0 Å². The molecule has 5 aromatic rings. The molecule has 1 saturated heterocycles. The zero-order valence-corrected chi connectivity index (χ0v) is 18.6. The Bertz CT molecular complexity index is 1430. The first-order valence-corrected chi connectivity index (χ1v) is 11.4. The predicted octanol–water partition coefficient (Wildman–Crippen LogP) is 5.70. The van der Waals surface area contributed by atoms with Gasteiger partial charge in [0.2, 0.25) is 0 Å². The van der Waals surface area contributed by atoms with Gasteiger partial charge in [-0.1, -0.05) is 12.5 Å². The summed E-state index contributed by atoms with van der Waals surface area (Å²) in [5.41, 5.74) is 11.7. The summed E-state index contributed by atoms with van der Waals surface area (Å²) in [6.45, 7) is 1.13. The van der Waals surface area contributed by atoms with Gasteiger partial charge < -0.3 is 21.0 Å². The molecule has 1 aliphatic rings. The summed E-state index contributed by atoms with van der Waals surface area (Å²) in [7, 11) is 0. The average molecular weight is 455 g/mol. The van der Waals surface area contributed by atoms with Crippen LogP contribution in [0.4, 0.5) is 11.4 Å². The second-order valence-electron chi connectivity index (χ2n) is 8.50. The van der Waals surface area contributed by atoms with Crippen LogP contribution in [0.15, 0.2) is 72.9 Å². The van der Waals surface area contributed by atoms with Crippen LogP contribution in [0, 0.1) is 10.1 Å². The topological polar surface area (TPSA) is 126 Å². The number of fused-ring (bicyclic) bond motifs is 2. The number of benzene rings is 2. The average Bonchev–Trinajstić information content (AvgIpc) is 3.49. The van der Waals surface area contributed by atoms with Gasteiger partial charge in [0.15, 0.2) is 0 Å². The Labute approximate surface area is 196 Å². The number of hydrogen-bond donors (Lipinski definition) is 4. The molecule has 0 radical (unpaired) electrons. The van der Waals surface area contributed by atoms with Crippen LogP contribution in [-0.2, 0) is 0 Å². The Morgan fingerprint density at radius 2 is 1.76 bits per heavy atom. The SMILES string of the molecule is Nc1ccc2[nH]c(C3CCCCN3)cc2c1.O=[N+]([O-])c1ccc2[nH]c(-c3ccccn3)cc2c1. The Hall–Kier alpha value is -4.17. The molecule has 1 unspecified atom stereocenters. The van der Waals surface area contributed by atoms with Crippen molar-refractivity contribution in [1.82, 2.24) is 20.3 Å². The number of piperidine rings is 1. The molecule has 1 fully saturated rings. The van der Waals surface area contributed by atoms with Gasteiger partial charge in [0, 0.05) is 57.6 Å². The second-order valence-corrected chi connectivity index (χ2v) is 8.50. The zero-order chi connectivity index (χ0) is 23.5. The van der Waals surface area contributed by atoms with E-state index in [4.69, 9.17) is 5.73 Å². The minimum absolute atomic E-state index is 0.0917. The molecule has 4 heterocycles. The molecule has 1 atom stereocenters. The number of anilines is 1. The first-order valence-electron chi connectivity index (χ1n) is 11.4. The van der Waals surface area contributed by atoms with Gasteiger partial charge in [-0.05, 0) is 67.9 Å². The number of aromatic nitrogens is 3. The minimum Gasteiger partial charge on any atom is -0.399 e. The number of nitrogens with one attached hydrogen (secondary N) is 3. The lowest BCUT2D eigenvalue weighted by Gasteiger charge is -2.22. The summed E-state index contributed by atoms with van der Waals surface area (Å²) in [6.07, 6.45) is 5.55. The van der Waals surface area contributed by atoms with Gasteiger partial charge in [-0.3, -0.25) is 15.1 Å². The highest BCUT2D eigenvalue weighted by atomic mass is 16.6. The molecule has 0 saturated carbocycles. The largest absolute Gasteiger partial charge is 0.399 e. The summed E-state index contributed by atoms with van der Waals surface area (Å²) < 4.78 is 0. The first-order chi connectivity index (χ1) is 16.6. The third-order valence-electron chi connectivity index (χ3n) is 6.11. The van der Waals surface area contributed by atoms with Crippen LogP contribution >= 0.6 is 0 Å². The maximum Gasteiger partial charge on any atom is 0.270 e. The lowest BCUT2D eigenvalue weighted by Crippen LogP contribution is -2.26. The Morgan fingerprint density at radius 3 is 2.53 bits per heavy atom. The van der Waals surface area contributed by atoms with E-state index in [1.807, 2.05) is 36.4 Å². The highest BCUT2D eigenvalue weighted by Crippen LogP contribution is 2.27. The molecule has 8 nitrogen and oxygen atoms in total. The van der Waals surface area contributed by atoms with E-state index in [9.17, 15) is 10.1 Å². The van der Waals surface area contributed by atoms with Gasteiger partial charge in [0.05, 0.1) is 16.3 Å².